The molecule has 0 aromatic carbocycles. The van der Waals surface area contributed by atoms with Crippen LogP contribution in [0.25, 0.3) is 0 Å². The molecule has 1 unspecified atom stereocenters. The zero-order valence-electron chi connectivity index (χ0n) is 11.9. The molecule has 1 heterocycles. The second-order valence-electron chi connectivity index (χ2n) is 4.40. The quantitative estimate of drug-likeness (QED) is 0.706. The second kappa shape index (κ2) is 8.96. The van der Waals surface area contributed by atoms with Crippen molar-refractivity contribution >= 4 is 17.7 Å². The van der Waals surface area contributed by atoms with E-state index in [0.29, 0.717) is 18.1 Å². The van der Waals surface area contributed by atoms with Crippen molar-refractivity contribution in [3.05, 3.63) is 23.9 Å². The maximum absolute atomic E-state index is 12.4. The van der Waals surface area contributed by atoms with E-state index in [9.17, 15) is 18.0 Å². The lowest BCUT2D eigenvalue weighted by atomic mass is 10.2. The normalized spacial score (nSPS) is 13.0. The van der Waals surface area contributed by atoms with E-state index in [1.165, 1.54) is 13.2 Å². The smallest absolute Gasteiger partial charge is 0.394 e. The Kier molecular flexibility index (Phi) is 7.63. The Bertz CT molecular complexity index is 469. The number of nitrogens with zero attached hydrogens (tertiary/aromatic N) is 1. The van der Waals surface area contributed by atoms with E-state index in [1.807, 2.05) is 0 Å². The number of aliphatic hydroxyl groups is 1. The van der Waals surface area contributed by atoms with Crippen LogP contribution in [0.1, 0.15) is 12.0 Å². The Balaban J connectivity index is 2.43. The Morgan fingerprint density at radius 3 is 2.73 bits per heavy atom. The number of carbonyl (C=O) groups excluding carboxylic acids is 1. The number of rotatable bonds is 8. The van der Waals surface area contributed by atoms with Crippen LogP contribution in [0.3, 0.4) is 0 Å². The molecular formula is C13H17F3N2O3S. The van der Waals surface area contributed by atoms with Crippen molar-refractivity contribution in [3.8, 4) is 0 Å². The Hall–Kier alpha value is -1.32. The van der Waals surface area contributed by atoms with E-state index in [4.69, 9.17) is 9.84 Å². The molecule has 1 amide bonds. The maximum Gasteiger partial charge on any atom is 0.417 e. The summed E-state index contributed by atoms with van der Waals surface area (Å²) in [6.45, 7) is 0.192. The Labute approximate surface area is 130 Å². The van der Waals surface area contributed by atoms with E-state index in [1.54, 1.807) is 0 Å². The topological polar surface area (TPSA) is 71.5 Å². The molecule has 0 radical (unpaired) electrons. The molecule has 0 bridgehead atoms. The van der Waals surface area contributed by atoms with Crippen LogP contribution < -0.4 is 5.32 Å². The predicted molar refractivity (Wildman–Crippen MR) is 75.5 cm³/mol. The summed E-state index contributed by atoms with van der Waals surface area (Å²) in [7, 11) is 1.52. The third kappa shape index (κ3) is 6.63. The summed E-state index contributed by atoms with van der Waals surface area (Å²) in [5.74, 6) is -0.330. The van der Waals surface area contributed by atoms with Crippen molar-refractivity contribution < 1.29 is 27.8 Å². The molecule has 5 nitrogen and oxygen atoms in total. The van der Waals surface area contributed by atoms with Gasteiger partial charge in [-0.1, -0.05) is 11.8 Å². The molecule has 0 spiro atoms. The van der Waals surface area contributed by atoms with Crippen LogP contribution >= 0.6 is 11.8 Å². The summed E-state index contributed by atoms with van der Waals surface area (Å²) >= 11 is 1.02. The number of amides is 1. The number of nitrogens with one attached hydrogen (secondary N) is 1. The molecule has 0 aliphatic heterocycles. The highest BCUT2D eigenvalue weighted by atomic mass is 32.2. The molecule has 1 rings (SSSR count). The van der Waals surface area contributed by atoms with Gasteiger partial charge in [-0.2, -0.15) is 13.2 Å². The lowest BCUT2D eigenvalue weighted by Crippen LogP contribution is -2.39. The fourth-order valence-electron chi connectivity index (χ4n) is 1.51. The van der Waals surface area contributed by atoms with Crippen molar-refractivity contribution in [1.82, 2.24) is 10.3 Å². The number of methoxy groups -OCH3 is 1. The van der Waals surface area contributed by atoms with Crippen LogP contribution in [-0.2, 0) is 15.7 Å². The Morgan fingerprint density at radius 2 is 2.23 bits per heavy atom. The summed E-state index contributed by atoms with van der Waals surface area (Å²) in [5.41, 5.74) is -0.832. The minimum Gasteiger partial charge on any atom is -0.394 e. The minimum atomic E-state index is -4.43. The van der Waals surface area contributed by atoms with Gasteiger partial charge < -0.3 is 15.2 Å². The predicted octanol–water partition coefficient (Wildman–Crippen LogP) is 1.71. The molecule has 0 saturated heterocycles. The molecule has 1 aromatic heterocycles. The van der Waals surface area contributed by atoms with E-state index >= 15 is 0 Å². The lowest BCUT2D eigenvalue weighted by Gasteiger charge is -2.15. The van der Waals surface area contributed by atoms with Gasteiger partial charge in [-0.25, -0.2) is 4.98 Å². The SMILES string of the molecule is COCCC(CO)NC(=O)CSc1ccc(C(F)(F)F)cn1. The molecule has 22 heavy (non-hydrogen) atoms. The molecule has 2 N–H and O–H groups in total. The first kappa shape index (κ1) is 18.7. The van der Waals surface area contributed by atoms with Gasteiger partial charge in [-0.3, -0.25) is 4.79 Å². The van der Waals surface area contributed by atoms with E-state index in [0.717, 1.165) is 24.0 Å². The highest BCUT2D eigenvalue weighted by Gasteiger charge is 2.30. The van der Waals surface area contributed by atoms with Crippen LogP contribution in [0.2, 0.25) is 0 Å². The van der Waals surface area contributed by atoms with Gasteiger partial charge in [0, 0.05) is 19.9 Å². The molecule has 0 fully saturated rings. The van der Waals surface area contributed by atoms with Crippen molar-refractivity contribution in [3.63, 3.8) is 0 Å². The maximum atomic E-state index is 12.4. The number of thioether (sulfide) groups is 1. The summed E-state index contributed by atoms with van der Waals surface area (Å²) in [4.78, 5) is 15.3. The lowest BCUT2D eigenvalue weighted by molar-refractivity contribution is -0.137. The summed E-state index contributed by atoms with van der Waals surface area (Å²) in [6, 6.07) is 1.73. The van der Waals surface area contributed by atoms with Gasteiger partial charge in [0.05, 0.1) is 29.0 Å². The van der Waals surface area contributed by atoms with Crippen LogP contribution in [0, 0.1) is 0 Å². The van der Waals surface area contributed by atoms with Gasteiger partial charge in [0.2, 0.25) is 5.91 Å². The van der Waals surface area contributed by atoms with Gasteiger partial charge in [0.1, 0.15) is 0 Å². The van der Waals surface area contributed by atoms with E-state index in [-0.39, 0.29) is 18.3 Å². The van der Waals surface area contributed by atoms with Crippen molar-refractivity contribution in [2.45, 2.75) is 23.7 Å². The summed E-state index contributed by atoms with van der Waals surface area (Å²) in [5, 5.41) is 12.0. The van der Waals surface area contributed by atoms with E-state index < -0.39 is 17.8 Å². The van der Waals surface area contributed by atoms with Gasteiger partial charge in [0.15, 0.2) is 0 Å². The molecule has 1 aromatic rings. The van der Waals surface area contributed by atoms with Crippen molar-refractivity contribution in [1.29, 1.82) is 0 Å². The molecule has 0 saturated carbocycles. The molecular weight excluding hydrogens is 321 g/mol. The number of aliphatic hydroxyl groups excluding tert-OH is 1. The molecule has 9 heteroatoms. The Morgan fingerprint density at radius 1 is 1.50 bits per heavy atom. The van der Waals surface area contributed by atoms with Gasteiger partial charge >= 0.3 is 6.18 Å². The number of pyridine rings is 1. The highest BCUT2D eigenvalue weighted by molar-refractivity contribution is 7.99. The number of ether oxygens (including phenoxy) is 1. The van der Waals surface area contributed by atoms with Gasteiger partial charge in [-0.05, 0) is 18.6 Å². The largest absolute Gasteiger partial charge is 0.417 e. The fraction of sp³-hybridized carbons (Fsp3) is 0.538. The third-order valence-electron chi connectivity index (χ3n) is 2.67. The second-order valence-corrected chi connectivity index (χ2v) is 5.40. The average molecular weight is 338 g/mol. The van der Waals surface area contributed by atoms with Crippen LogP contribution in [-0.4, -0.2) is 48.1 Å². The number of hydrogen-bond acceptors (Lipinski definition) is 5. The molecule has 0 aliphatic carbocycles. The number of halogens is 3. The van der Waals surface area contributed by atoms with Crippen LogP contribution in [0.5, 0.6) is 0 Å². The van der Waals surface area contributed by atoms with Crippen LogP contribution in [0.15, 0.2) is 23.4 Å². The van der Waals surface area contributed by atoms with Crippen molar-refractivity contribution in [2.75, 3.05) is 26.1 Å². The first-order valence-electron chi connectivity index (χ1n) is 6.42. The van der Waals surface area contributed by atoms with Crippen molar-refractivity contribution in [2.24, 2.45) is 0 Å². The summed E-state index contributed by atoms with van der Waals surface area (Å²) in [6.07, 6.45) is -3.22. The molecule has 0 aliphatic rings. The van der Waals surface area contributed by atoms with Crippen LogP contribution in [0.4, 0.5) is 13.2 Å². The molecule has 124 valence electrons. The number of aromatic nitrogens is 1. The number of carbonyl (C=O) groups is 1. The number of hydrogen-bond donors (Lipinski definition) is 2. The van der Waals surface area contributed by atoms with Gasteiger partial charge in [-0.15, -0.1) is 0 Å². The first-order valence-corrected chi connectivity index (χ1v) is 7.40. The van der Waals surface area contributed by atoms with E-state index in [2.05, 4.69) is 10.3 Å². The number of alkyl halides is 3. The summed E-state index contributed by atoms with van der Waals surface area (Å²) < 4.78 is 42.0. The highest BCUT2D eigenvalue weighted by Crippen LogP contribution is 2.29. The van der Waals surface area contributed by atoms with Gasteiger partial charge in [0.25, 0.3) is 0 Å². The monoisotopic (exact) mass is 338 g/mol. The minimum absolute atomic E-state index is 0.00183. The average Bonchev–Trinajstić information content (AvgIpc) is 2.49. The zero-order valence-corrected chi connectivity index (χ0v) is 12.7. The first-order chi connectivity index (χ1) is 10.4. The molecule has 1 atom stereocenters. The zero-order chi connectivity index (χ0) is 16.6. The fourth-order valence-corrected chi connectivity index (χ4v) is 2.17. The third-order valence-corrected chi connectivity index (χ3v) is 3.61. The standard InChI is InChI=1S/C13H17F3N2O3S/c1-21-5-4-10(7-19)18-11(20)8-22-12-3-2-9(6-17-12)13(14,15)16/h2-3,6,10,19H,4-5,7-8H2,1H3,(H,18,20).